The summed E-state index contributed by atoms with van der Waals surface area (Å²) in [5.74, 6) is -1.65. The fourth-order valence-electron chi connectivity index (χ4n) is 4.96. The summed E-state index contributed by atoms with van der Waals surface area (Å²) in [5, 5.41) is 18.0. The number of hydrogen-bond donors (Lipinski definition) is 4. The van der Waals surface area contributed by atoms with Crippen LogP contribution in [0.3, 0.4) is 0 Å². The number of rotatable bonds is 11. The molecule has 1 aliphatic rings. The Kier molecular flexibility index (Phi) is 9.53. The second-order valence-corrected chi connectivity index (χ2v) is 11.3. The summed E-state index contributed by atoms with van der Waals surface area (Å²) in [6, 6.07) is 17.4. The Hall–Kier alpha value is -5.42. The lowest BCUT2D eigenvalue weighted by atomic mass is 9.97. The average Bonchev–Trinajstić information content (AvgIpc) is 3.84. The number of urea groups is 1. The molecule has 0 radical (unpaired) electrons. The number of amides is 3. The number of nitrogens with one attached hydrogen (secondary N) is 3. The predicted octanol–water partition coefficient (Wildman–Crippen LogP) is 5.78. The van der Waals surface area contributed by atoms with Gasteiger partial charge in [-0.25, -0.2) is 9.59 Å². The Morgan fingerprint density at radius 3 is 2.20 bits per heavy atom. The van der Waals surface area contributed by atoms with Crippen LogP contribution in [0.5, 0.6) is 5.75 Å². The number of benzene rings is 3. The number of carboxylic acid groups (broad SMARTS) is 1. The van der Waals surface area contributed by atoms with Gasteiger partial charge in [-0.2, -0.15) is 0 Å². The minimum atomic E-state index is -1.11. The number of ketones is 1. The van der Waals surface area contributed by atoms with Crippen LogP contribution < -0.4 is 26.2 Å². The molecule has 1 saturated carbocycles. The van der Waals surface area contributed by atoms with Gasteiger partial charge in [-0.3, -0.25) is 19.0 Å². The topological polar surface area (TPSA) is 156 Å². The molecule has 0 spiro atoms. The van der Waals surface area contributed by atoms with Crippen molar-refractivity contribution in [2.24, 2.45) is 0 Å². The number of carbonyl (C=O) groups is 4. The van der Waals surface area contributed by atoms with E-state index in [1.54, 1.807) is 42.5 Å². The molecule has 236 valence electrons. The SMILES string of the molecule is COc1cn(C(Cc2ccc(NC(=O)NC3CC3)cc2)C(=O)Nc2ccc(C(=O)O)cc2)c(=O)cc1-c1cc(Cl)ccc1C(C)=O. The molecule has 0 bridgehead atoms. The van der Waals surface area contributed by atoms with E-state index in [2.05, 4.69) is 16.0 Å². The Labute approximate surface area is 269 Å². The molecule has 1 unspecified atom stereocenters. The van der Waals surface area contributed by atoms with Crippen molar-refractivity contribution in [3.63, 3.8) is 0 Å². The van der Waals surface area contributed by atoms with Crippen molar-refractivity contribution in [3.8, 4) is 16.9 Å². The van der Waals surface area contributed by atoms with Crippen molar-refractivity contribution in [2.45, 2.75) is 38.3 Å². The number of pyridine rings is 1. The molecule has 1 heterocycles. The summed E-state index contributed by atoms with van der Waals surface area (Å²) in [6.45, 7) is 1.41. The zero-order valence-corrected chi connectivity index (χ0v) is 25.8. The van der Waals surface area contributed by atoms with Gasteiger partial charge in [0.25, 0.3) is 5.56 Å². The predicted molar refractivity (Wildman–Crippen MR) is 174 cm³/mol. The van der Waals surface area contributed by atoms with Crippen LogP contribution in [0.1, 0.15) is 52.1 Å². The molecule has 1 aliphatic carbocycles. The lowest BCUT2D eigenvalue weighted by molar-refractivity contribution is -0.119. The van der Waals surface area contributed by atoms with Crippen LogP contribution in [0.4, 0.5) is 16.2 Å². The number of Topliss-reactive ketones (excluding diaryl/α,β-unsaturated/α-hetero) is 1. The lowest BCUT2D eigenvalue weighted by Crippen LogP contribution is -2.34. The fraction of sp³-hybridized carbons (Fsp3) is 0.206. The highest BCUT2D eigenvalue weighted by atomic mass is 35.5. The van der Waals surface area contributed by atoms with Gasteiger partial charge >= 0.3 is 12.0 Å². The highest BCUT2D eigenvalue weighted by Crippen LogP contribution is 2.34. The number of hydrogen-bond acceptors (Lipinski definition) is 6. The van der Waals surface area contributed by atoms with Crippen molar-refractivity contribution in [1.29, 1.82) is 0 Å². The summed E-state index contributed by atoms with van der Waals surface area (Å²) in [5.41, 5.74) is 2.19. The molecule has 1 aromatic heterocycles. The average molecular weight is 643 g/mol. The summed E-state index contributed by atoms with van der Waals surface area (Å²) in [4.78, 5) is 63.3. The van der Waals surface area contributed by atoms with Crippen molar-refractivity contribution >= 4 is 46.7 Å². The fourth-order valence-corrected chi connectivity index (χ4v) is 5.13. The van der Waals surface area contributed by atoms with E-state index in [4.69, 9.17) is 16.3 Å². The van der Waals surface area contributed by atoms with Crippen LogP contribution in [0, 0.1) is 0 Å². The molecular formula is C34H31ClN4O7. The van der Waals surface area contributed by atoms with E-state index >= 15 is 0 Å². The van der Waals surface area contributed by atoms with E-state index in [-0.39, 0.29) is 35.6 Å². The normalized spacial score (nSPS) is 12.9. The number of methoxy groups -OCH3 is 1. The summed E-state index contributed by atoms with van der Waals surface area (Å²) in [7, 11) is 1.41. The molecule has 4 aromatic rings. The molecule has 0 aliphatic heterocycles. The van der Waals surface area contributed by atoms with Crippen molar-refractivity contribution in [2.75, 3.05) is 17.7 Å². The van der Waals surface area contributed by atoms with E-state index < -0.39 is 23.5 Å². The number of carbonyl (C=O) groups excluding carboxylic acids is 3. The second-order valence-electron chi connectivity index (χ2n) is 10.9. The van der Waals surface area contributed by atoms with Gasteiger partial charge in [0.15, 0.2) is 5.78 Å². The number of ether oxygens (including phenoxy) is 1. The highest BCUT2D eigenvalue weighted by Gasteiger charge is 2.26. The van der Waals surface area contributed by atoms with Gasteiger partial charge in [-0.1, -0.05) is 23.7 Å². The minimum Gasteiger partial charge on any atom is -0.495 e. The van der Waals surface area contributed by atoms with Crippen LogP contribution in [0.15, 0.2) is 83.8 Å². The maximum Gasteiger partial charge on any atom is 0.335 e. The number of aromatic carboxylic acids is 1. The van der Waals surface area contributed by atoms with E-state index in [9.17, 15) is 29.1 Å². The number of anilines is 2. The number of carboxylic acids is 1. The summed E-state index contributed by atoms with van der Waals surface area (Å²) in [6.07, 6.45) is 3.41. The largest absolute Gasteiger partial charge is 0.495 e. The first-order valence-corrected chi connectivity index (χ1v) is 14.8. The molecule has 11 nitrogen and oxygen atoms in total. The molecule has 0 saturated heterocycles. The number of halogens is 1. The molecule has 3 aromatic carbocycles. The first kappa shape index (κ1) is 32.0. The van der Waals surface area contributed by atoms with Crippen molar-refractivity contribution < 1.29 is 29.0 Å². The van der Waals surface area contributed by atoms with Gasteiger partial charge in [-0.05, 0) is 85.5 Å². The third kappa shape index (κ3) is 7.62. The van der Waals surface area contributed by atoms with E-state index in [1.165, 1.54) is 55.1 Å². The maximum absolute atomic E-state index is 13.8. The molecular weight excluding hydrogens is 612 g/mol. The van der Waals surface area contributed by atoms with Gasteiger partial charge in [0.1, 0.15) is 11.8 Å². The van der Waals surface area contributed by atoms with Gasteiger partial charge in [0.05, 0.1) is 18.9 Å². The van der Waals surface area contributed by atoms with Crippen molar-refractivity contribution in [1.82, 2.24) is 9.88 Å². The Bertz CT molecular complexity index is 1870. The molecule has 5 rings (SSSR count). The third-order valence-electron chi connectivity index (χ3n) is 7.51. The number of aromatic nitrogens is 1. The Balaban J connectivity index is 1.50. The Morgan fingerprint density at radius 1 is 0.935 bits per heavy atom. The van der Waals surface area contributed by atoms with Gasteiger partial charge < -0.3 is 25.8 Å². The minimum absolute atomic E-state index is 0.0524. The Morgan fingerprint density at radius 2 is 1.59 bits per heavy atom. The molecule has 3 amide bonds. The maximum atomic E-state index is 13.8. The lowest BCUT2D eigenvalue weighted by Gasteiger charge is -2.22. The third-order valence-corrected chi connectivity index (χ3v) is 7.74. The van der Waals surface area contributed by atoms with Crippen LogP contribution in [0.2, 0.25) is 5.02 Å². The molecule has 1 fully saturated rings. The summed E-state index contributed by atoms with van der Waals surface area (Å²) < 4.78 is 6.89. The van der Waals surface area contributed by atoms with Gasteiger partial charge in [0, 0.05) is 46.1 Å². The molecule has 46 heavy (non-hydrogen) atoms. The van der Waals surface area contributed by atoms with Crippen LogP contribution in [0.25, 0.3) is 11.1 Å². The van der Waals surface area contributed by atoms with E-state index in [0.29, 0.717) is 38.7 Å². The van der Waals surface area contributed by atoms with Gasteiger partial charge in [-0.15, -0.1) is 0 Å². The quantitative estimate of drug-likeness (QED) is 0.151. The number of nitrogens with zero attached hydrogens (tertiary/aromatic N) is 1. The second kappa shape index (κ2) is 13.7. The zero-order chi connectivity index (χ0) is 33.0. The smallest absolute Gasteiger partial charge is 0.335 e. The van der Waals surface area contributed by atoms with Crippen LogP contribution in [-0.4, -0.2) is 46.5 Å². The standard InChI is InChI=1S/C34H31ClN4O7/c1-19(40)26-14-7-22(35)16-27(26)28-17-31(41)39(18-30(28)46-2)29(32(42)36-23-10-5-21(6-11-23)33(43)44)15-20-3-8-24(9-4-20)37-34(45)38-25-12-13-25/h3-11,14,16-18,25,29H,12-13,15H2,1-2H3,(H,36,42)(H,43,44)(H2,37,38,45). The molecule has 1 atom stereocenters. The van der Waals surface area contributed by atoms with Crippen molar-refractivity contribution in [3.05, 3.63) is 111 Å². The van der Waals surface area contributed by atoms with Crippen LogP contribution in [-0.2, 0) is 11.2 Å². The van der Waals surface area contributed by atoms with Gasteiger partial charge in [0.2, 0.25) is 5.91 Å². The summed E-state index contributed by atoms with van der Waals surface area (Å²) >= 11 is 6.24. The highest BCUT2D eigenvalue weighted by molar-refractivity contribution is 6.31. The first-order chi connectivity index (χ1) is 22.0. The van der Waals surface area contributed by atoms with E-state index in [0.717, 1.165) is 12.8 Å². The molecule has 4 N–H and O–H groups in total. The zero-order valence-electron chi connectivity index (χ0n) is 25.0. The van der Waals surface area contributed by atoms with Crippen LogP contribution >= 0.6 is 11.6 Å². The van der Waals surface area contributed by atoms with E-state index in [1.807, 2.05) is 0 Å². The monoisotopic (exact) mass is 642 g/mol. The molecule has 12 heteroatoms. The first-order valence-electron chi connectivity index (χ1n) is 14.4.